The molecule has 21 heavy (non-hydrogen) atoms. The minimum atomic E-state index is -3.59. The number of aromatic nitrogens is 1. The quantitative estimate of drug-likeness (QED) is 0.815. The Balaban J connectivity index is 2.01. The van der Waals surface area contributed by atoms with Crippen LogP contribution in [0.4, 0.5) is 10.8 Å². The molecule has 2 rings (SSSR count). The van der Waals surface area contributed by atoms with Gasteiger partial charge in [0.1, 0.15) is 5.00 Å². The van der Waals surface area contributed by atoms with E-state index in [1.54, 1.807) is 0 Å². The molecule has 120 valence electrons. The molecule has 1 saturated heterocycles. The number of hydrogen-bond donors (Lipinski definition) is 2. The van der Waals surface area contributed by atoms with E-state index in [1.165, 1.54) is 20.5 Å². The zero-order chi connectivity index (χ0) is 15.5. The Morgan fingerprint density at radius 1 is 1.48 bits per heavy atom. The summed E-state index contributed by atoms with van der Waals surface area (Å²) >= 11 is 1.07. The molecule has 1 fully saturated rings. The molecule has 1 aliphatic heterocycles. The molecular formula is C12H22N4O3S2. The highest BCUT2D eigenvalue weighted by molar-refractivity contribution is 7.89. The monoisotopic (exact) mass is 334 g/mol. The van der Waals surface area contributed by atoms with Crippen LogP contribution in [0.3, 0.4) is 0 Å². The molecule has 0 spiro atoms. The third kappa shape index (κ3) is 3.85. The van der Waals surface area contributed by atoms with Gasteiger partial charge in [-0.05, 0) is 37.2 Å². The summed E-state index contributed by atoms with van der Waals surface area (Å²) in [6, 6.07) is 0. The Morgan fingerprint density at radius 2 is 2.24 bits per heavy atom. The molecular weight excluding hydrogens is 312 g/mol. The van der Waals surface area contributed by atoms with E-state index in [9.17, 15) is 8.42 Å². The third-order valence-electron chi connectivity index (χ3n) is 3.44. The normalized spacial score (nSPS) is 19.9. The molecule has 3 N–H and O–H groups in total. The van der Waals surface area contributed by atoms with Crippen LogP contribution in [0.15, 0.2) is 4.90 Å². The molecule has 2 heterocycles. The molecule has 0 saturated carbocycles. The van der Waals surface area contributed by atoms with E-state index in [1.807, 2.05) is 0 Å². The summed E-state index contributed by atoms with van der Waals surface area (Å²) in [4.78, 5) is 0.0714. The maximum Gasteiger partial charge on any atom is 0.249 e. The first-order valence-corrected chi connectivity index (χ1v) is 9.17. The van der Waals surface area contributed by atoms with Crippen molar-refractivity contribution in [2.75, 3.05) is 38.3 Å². The molecule has 0 radical (unpaired) electrons. The summed E-state index contributed by atoms with van der Waals surface area (Å²) in [6.45, 7) is 1.46. The van der Waals surface area contributed by atoms with Gasteiger partial charge in [-0.15, -0.1) is 0 Å². The van der Waals surface area contributed by atoms with Crippen LogP contribution in [0.2, 0.25) is 0 Å². The van der Waals surface area contributed by atoms with Crippen molar-refractivity contribution < 1.29 is 13.2 Å². The Morgan fingerprint density at radius 3 is 2.86 bits per heavy atom. The molecule has 0 amide bonds. The van der Waals surface area contributed by atoms with Gasteiger partial charge in [0.25, 0.3) is 0 Å². The van der Waals surface area contributed by atoms with Gasteiger partial charge in [0.15, 0.2) is 10.7 Å². The molecule has 9 heteroatoms. The molecule has 1 aromatic heterocycles. The van der Waals surface area contributed by atoms with Crippen molar-refractivity contribution in [1.29, 1.82) is 0 Å². The molecule has 0 aliphatic carbocycles. The summed E-state index contributed by atoms with van der Waals surface area (Å²) in [6.07, 6.45) is 4.48. The molecule has 1 aromatic rings. The second-order valence-electron chi connectivity index (χ2n) is 5.22. The predicted molar refractivity (Wildman–Crippen MR) is 84.1 cm³/mol. The van der Waals surface area contributed by atoms with Crippen LogP contribution < -0.4 is 11.1 Å². The van der Waals surface area contributed by atoms with Gasteiger partial charge in [-0.1, -0.05) is 0 Å². The van der Waals surface area contributed by atoms with Gasteiger partial charge >= 0.3 is 0 Å². The van der Waals surface area contributed by atoms with E-state index >= 15 is 0 Å². The van der Waals surface area contributed by atoms with Crippen molar-refractivity contribution in [3.05, 3.63) is 0 Å². The van der Waals surface area contributed by atoms with E-state index in [-0.39, 0.29) is 16.8 Å². The molecule has 1 atom stereocenters. The zero-order valence-electron chi connectivity index (χ0n) is 12.3. The second-order valence-corrected chi connectivity index (χ2v) is 8.08. The van der Waals surface area contributed by atoms with E-state index in [0.29, 0.717) is 11.5 Å². The largest absolute Gasteiger partial charge is 0.382 e. The van der Waals surface area contributed by atoms with Gasteiger partial charge in [0.2, 0.25) is 10.0 Å². The second kappa shape index (κ2) is 6.91. The first kappa shape index (κ1) is 16.5. The fraction of sp³-hybridized carbons (Fsp3) is 0.750. The van der Waals surface area contributed by atoms with Gasteiger partial charge in [-0.2, -0.15) is 4.37 Å². The number of rotatable bonds is 6. The highest BCUT2D eigenvalue weighted by Crippen LogP contribution is 2.33. The maximum atomic E-state index is 12.2. The Hall–Kier alpha value is -0.900. The smallest absolute Gasteiger partial charge is 0.249 e. The van der Waals surface area contributed by atoms with Crippen LogP contribution >= 0.6 is 11.5 Å². The van der Waals surface area contributed by atoms with Crippen molar-refractivity contribution in [3.8, 4) is 0 Å². The lowest BCUT2D eigenvalue weighted by Crippen LogP contribution is -2.24. The van der Waals surface area contributed by atoms with Crippen molar-refractivity contribution in [1.82, 2.24) is 8.68 Å². The van der Waals surface area contributed by atoms with Crippen molar-refractivity contribution >= 4 is 32.4 Å². The minimum absolute atomic E-state index is 0.0464. The summed E-state index contributed by atoms with van der Waals surface area (Å²) in [5.41, 5.74) is 5.71. The van der Waals surface area contributed by atoms with Crippen LogP contribution in [-0.2, 0) is 14.8 Å². The van der Waals surface area contributed by atoms with E-state index in [0.717, 1.165) is 41.7 Å². The number of nitrogens with two attached hydrogens (primary N) is 1. The summed E-state index contributed by atoms with van der Waals surface area (Å²) in [7, 11) is -0.631. The standard InChI is InChI=1S/C12H22N4O3S2/c1-16(2)21(17,18)10-11(13)15-20-12(10)14-7-6-9-5-3-4-8-19-9/h9,14H,3-8H2,1-2H3,(H2,13,15). The topological polar surface area (TPSA) is 97.6 Å². The fourth-order valence-corrected chi connectivity index (χ4v) is 4.32. The minimum Gasteiger partial charge on any atom is -0.382 e. The predicted octanol–water partition coefficient (Wildman–Crippen LogP) is 1.35. The van der Waals surface area contributed by atoms with Gasteiger partial charge < -0.3 is 15.8 Å². The Kier molecular flexibility index (Phi) is 5.42. The average Bonchev–Trinajstić information content (AvgIpc) is 2.81. The van der Waals surface area contributed by atoms with Gasteiger partial charge in [0, 0.05) is 27.2 Å². The average molecular weight is 334 g/mol. The number of nitrogen functional groups attached to an aromatic ring is 1. The zero-order valence-corrected chi connectivity index (χ0v) is 14.0. The summed E-state index contributed by atoms with van der Waals surface area (Å²) < 4.78 is 35.2. The van der Waals surface area contributed by atoms with Crippen molar-refractivity contribution in [2.45, 2.75) is 36.7 Å². The van der Waals surface area contributed by atoms with Gasteiger partial charge in [-0.3, -0.25) is 0 Å². The van der Waals surface area contributed by atoms with Crippen LogP contribution in [0.1, 0.15) is 25.7 Å². The number of ether oxygens (including phenoxy) is 1. The van der Waals surface area contributed by atoms with Crippen LogP contribution in [-0.4, -0.2) is 50.4 Å². The lowest BCUT2D eigenvalue weighted by molar-refractivity contribution is 0.0134. The molecule has 0 bridgehead atoms. The van der Waals surface area contributed by atoms with Crippen LogP contribution in [0.25, 0.3) is 0 Å². The lowest BCUT2D eigenvalue weighted by atomic mass is 10.1. The molecule has 0 aromatic carbocycles. The lowest BCUT2D eigenvalue weighted by Gasteiger charge is -2.22. The molecule has 1 aliphatic rings. The number of nitrogens with zero attached hydrogens (tertiary/aromatic N) is 2. The molecule has 1 unspecified atom stereocenters. The Bertz CT molecular complexity index is 565. The van der Waals surface area contributed by atoms with Crippen molar-refractivity contribution in [2.24, 2.45) is 0 Å². The fourth-order valence-electron chi connectivity index (χ4n) is 2.22. The summed E-state index contributed by atoms with van der Waals surface area (Å²) in [5.74, 6) is 0.0464. The van der Waals surface area contributed by atoms with E-state index < -0.39 is 10.0 Å². The van der Waals surface area contributed by atoms with Crippen molar-refractivity contribution in [3.63, 3.8) is 0 Å². The number of anilines is 2. The highest BCUT2D eigenvalue weighted by Gasteiger charge is 2.27. The summed E-state index contributed by atoms with van der Waals surface area (Å²) in [5, 5.41) is 3.63. The van der Waals surface area contributed by atoms with E-state index in [4.69, 9.17) is 10.5 Å². The number of sulfonamides is 1. The number of nitrogens with one attached hydrogen (secondary N) is 1. The maximum absolute atomic E-state index is 12.2. The SMILES string of the molecule is CN(C)S(=O)(=O)c1c(N)nsc1NCCC1CCCCO1. The highest BCUT2D eigenvalue weighted by atomic mass is 32.2. The van der Waals surface area contributed by atoms with E-state index in [2.05, 4.69) is 9.69 Å². The third-order valence-corrected chi connectivity index (χ3v) is 6.28. The first-order valence-electron chi connectivity index (χ1n) is 6.96. The van der Waals surface area contributed by atoms with Crippen LogP contribution in [0, 0.1) is 0 Å². The van der Waals surface area contributed by atoms with Gasteiger partial charge in [0.05, 0.1) is 6.10 Å². The molecule has 7 nitrogen and oxygen atoms in total. The van der Waals surface area contributed by atoms with Gasteiger partial charge in [-0.25, -0.2) is 12.7 Å². The first-order chi connectivity index (χ1) is 9.93. The van der Waals surface area contributed by atoms with Crippen LogP contribution in [0.5, 0.6) is 0 Å². The number of hydrogen-bond acceptors (Lipinski definition) is 7. The Labute approximate surface area is 129 Å².